The van der Waals surface area contributed by atoms with Gasteiger partial charge in [-0.05, 0) is 30.5 Å². The maximum absolute atomic E-state index is 13.0. The standard InChI is InChI=1S/C14H18FN3O2S/c1-3-9-18-13(19)16-17-14(18)21(20)12(4-2)10-5-7-11(15)8-6-10/h5-8,12H,3-4,9H2,1-2H3,(H,16,19)/t12-,21-/m1/s1. The first kappa shape index (κ1) is 15.6. The second kappa shape index (κ2) is 6.80. The molecule has 2 atom stereocenters. The number of aromatic nitrogens is 3. The maximum Gasteiger partial charge on any atom is 0.344 e. The van der Waals surface area contributed by atoms with Gasteiger partial charge in [-0.1, -0.05) is 26.0 Å². The van der Waals surface area contributed by atoms with Gasteiger partial charge in [0.2, 0.25) is 5.16 Å². The summed E-state index contributed by atoms with van der Waals surface area (Å²) >= 11 is 0. The molecule has 2 aromatic rings. The molecule has 0 aliphatic heterocycles. The summed E-state index contributed by atoms with van der Waals surface area (Å²) in [5, 5.41) is 6.17. The van der Waals surface area contributed by atoms with E-state index in [4.69, 9.17) is 0 Å². The third kappa shape index (κ3) is 3.29. The molecule has 0 radical (unpaired) electrons. The van der Waals surface area contributed by atoms with Crippen molar-refractivity contribution in [2.24, 2.45) is 0 Å². The van der Waals surface area contributed by atoms with Gasteiger partial charge in [0, 0.05) is 6.54 Å². The van der Waals surface area contributed by atoms with Crippen LogP contribution in [0.25, 0.3) is 0 Å². The van der Waals surface area contributed by atoms with Crippen molar-refractivity contribution >= 4 is 10.8 Å². The molecule has 21 heavy (non-hydrogen) atoms. The molecule has 1 aromatic heterocycles. The molecule has 0 fully saturated rings. The average molecular weight is 311 g/mol. The van der Waals surface area contributed by atoms with Crippen molar-refractivity contribution in [3.05, 3.63) is 46.1 Å². The van der Waals surface area contributed by atoms with Crippen LogP contribution in [0.2, 0.25) is 0 Å². The van der Waals surface area contributed by atoms with E-state index in [1.807, 2.05) is 13.8 Å². The molecule has 7 heteroatoms. The molecule has 0 spiro atoms. The predicted molar refractivity (Wildman–Crippen MR) is 79.0 cm³/mol. The van der Waals surface area contributed by atoms with Crippen molar-refractivity contribution < 1.29 is 8.60 Å². The monoisotopic (exact) mass is 311 g/mol. The lowest BCUT2D eigenvalue weighted by Gasteiger charge is -2.14. The Morgan fingerprint density at radius 2 is 2.00 bits per heavy atom. The van der Waals surface area contributed by atoms with E-state index in [0.29, 0.717) is 13.0 Å². The van der Waals surface area contributed by atoms with Crippen molar-refractivity contribution in [2.45, 2.75) is 43.6 Å². The molecule has 0 saturated heterocycles. The van der Waals surface area contributed by atoms with Crippen molar-refractivity contribution in [3.8, 4) is 0 Å². The number of nitrogens with zero attached hydrogens (tertiary/aromatic N) is 2. The van der Waals surface area contributed by atoms with Crippen LogP contribution < -0.4 is 5.69 Å². The van der Waals surface area contributed by atoms with Crippen LogP contribution in [0.5, 0.6) is 0 Å². The molecule has 0 amide bonds. The van der Waals surface area contributed by atoms with Crippen LogP contribution in [0.15, 0.2) is 34.2 Å². The Hall–Kier alpha value is -1.76. The number of halogens is 1. The zero-order valence-electron chi connectivity index (χ0n) is 12.0. The number of hydrogen-bond acceptors (Lipinski definition) is 3. The van der Waals surface area contributed by atoms with E-state index in [9.17, 15) is 13.4 Å². The van der Waals surface area contributed by atoms with Gasteiger partial charge in [-0.25, -0.2) is 14.3 Å². The summed E-state index contributed by atoms with van der Waals surface area (Å²) in [6.45, 7) is 4.31. The average Bonchev–Trinajstić information content (AvgIpc) is 2.83. The van der Waals surface area contributed by atoms with E-state index >= 15 is 0 Å². The molecule has 1 aromatic carbocycles. The minimum atomic E-state index is -1.47. The summed E-state index contributed by atoms with van der Waals surface area (Å²) in [4.78, 5) is 11.7. The molecule has 0 saturated carbocycles. The molecule has 1 N–H and O–H groups in total. The van der Waals surface area contributed by atoms with Gasteiger partial charge in [0.05, 0.1) is 16.0 Å². The fraction of sp³-hybridized carbons (Fsp3) is 0.429. The van der Waals surface area contributed by atoms with Gasteiger partial charge in [0.1, 0.15) is 5.82 Å². The van der Waals surface area contributed by atoms with E-state index in [-0.39, 0.29) is 21.9 Å². The fourth-order valence-electron chi connectivity index (χ4n) is 2.19. The summed E-state index contributed by atoms with van der Waals surface area (Å²) in [5.41, 5.74) is 0.421. The number of rotatable bonds is 6. The zero-order valence-corrected chi connectivity index (χ0v) is 12.8. The SMILES string of the molecule is CCCn1c([S@](=O)[C@H](CC)c2ccc(F)cc2)n[nH]c1=O. The third-order valence-corrected chi connectivity index (χ3v) is 5.02. The van der Waals surface area contributed by atoms with E-state index in [2.05, 4.69) is 10.2 Å². The minimum absolute atomic E-state index is 0.248. The topological polar surface area (TPSA) is 67.8 Å². The van der Waals surface area contributed by atoms with Crippen molar-refractivity contribution in [1.29, 1.82) is 0 Å². The first-order valence-electron chi connectivity index (χ1n) is 6.89. The van der Waals surface area contributed by atoms with Crippen LogP contribution in [-0.4, -0.2) is 19.0 Å². The highest BCUT2D eigenvalue weighted by Crippen LogP contribution is 2.27. The van der Waals surface area contributed by atoms with Gasteiger partial charge in [0.25, 0.3) is 0 Å². The number of hydrogen-bond donors (Lipinski definition) is 1. The lowest BCUT2D eigenvalue weighted by atomic mass is 10.1. The van der Waals surface area contributed by atoms with Crippen LogP contribution >= 0.6 is 0 Å². The number of nitrogens with one attached hydrogen (secondary N) is 1. The van der Waals surface area contributed by atoms with Gasteiger partial charge in [-0.15, -0.1) is 5.10 Å². The molecule has 114 valence electrons. The van der Waals surface area contributed by atoms with Gasteiger partial charge in [-0.2, -0.15) is 0 Å². The number of benzene rings is 1. The lowest BCUT2D eigenvalue weighted by molar-refractivity contribution is 0.584. The van der Waals surface area contributed by atoms with Gasteiger partial charge < -0.3 is 0 Å². The molecule has 2 rings (SSSR count). The molecule has 0 aliphatic carbocycles. The highest BCUT2D eigenvalue weighted by molar-refractivity contribution is 7.85. The maximum atomic E-state index is 13.0. The van der Waals surface area contributed by atoms with Gasteiger partial charge in [-0.3, -0.25) is 8.78 Å². The molecular weight excluding hydrogens is 293 g/mol. The largest absolute Gasteiger partial charge is 0.344 e. The lowest BCUT2D eigenvalue weighted by Crippen LogP contribution is -2.20. The van der Waals surface area contributed by atoms with E-state index in [1.165, 1.54) is 16.7 Å². The van der Waals surface area contributed by atoms with Gasteiger partial charge in [0.15, 0.2) is 0 Å². The molecule has 5 nitrogen and oxygen atoms in total. The van der Waals surface area contributed by atoms with Crippen LogP contribution in [-0.2, 0) is 17.3 Å². The Balaban J connectivity index is 2.37. The summed E-state index contributed by atoms with van der Waals surface area (Å²) in [7, 11) is -1.47. The normalized spacial score (nSPS) is 14.0. The molecule has 0 unspecified atom stereocenters. The molecule has 0 aliphatic rings. The Labute approximate surface area is 124 Å². The van der Waals surface area contributed by atoms with Crippen molar-refractivity contribution in [2.75, 3.05) is 0 Å². The second-order valence-corrected chi connectivity index (χ2v) is 6.24. The Bertz CT molecular complexity index is 678. The number of H-pyrrole nitrogens is 1. The Morgan fingerprint density at radius 3 is 2.57 bits per heavy atom. The predicted octanol–water partition coefficient (Wildman–Crippen LogP) is 2.38. The van der Waals surface area contributed by atoms with Gasteiger partial charge >= 0.3 is 5.69 Å². The second-order valence-electron chi connectivity index (χ2n) is 4.71. The highest BCUT2D eigenvalue weighted by atomic mass is 32.2. The van der Waals surface area contributed by atoms with Crippen LogP contribution in [0.3, 0.4) is 0 Å². The van der Waals surface area contributed by atoms with Crippen LogP contribution in [0.1, 0.15) is 37.5 Å². The Kier molecular flexibility index (Phi) is 5.06. The first-order chi connectivity index (χ1) is 10.1. The molecule has 1 heterocycles. The number of aromatic amines is 1. The van der Waals surface area contributed by atoms with E-state index in [1.54, 1.807) is 12.1 Å². The highest BCUT2D eigenvalue weighted by Gasteiger charge is 2.24. The van der Waals surface area contributed by atoms with Crippen LogP contribution in [0.4, 0.5) is 4.39 Å². The smallest absolute Gasteiger partial charge is 0.268 e. The van der Waals surface area contributed by atoms with E-state index < -0.39 is 10.8 Å². The zero-order chi connectivity index (χ0) is 15.4. The molecule has 0 bridgehead atoms. The minimum Gasteiger partial charge on any atom is -0.268 e. The summed E-state index contributed by atoms with van der Waals surface area (Å²) in [6.07, 6.45) is 1.35. The summed E-state index contributed by atoms with van der Waals surface area (Å²) in [6, 6.07) is 5.93. The summed E-state index contributed by atoms with van der Waals surface area (Å²) in [5.74, 6) is -0.331. The van der Waals surface area contributed by atoms with Crippen molar-refractivity contribution in [1.82, 2.24) is 14.8 Å². The first-order valence-corrected chi connectivity index (χ1v) is 8.11. The molecular formula is C14H18FN3O2S. The van der Waals surface area contributed by atoms with E-state index in [0.717, 1.165) is 12.0 Å². The third-order valence-electron chi connectivity index (χ3n) is 3.22. The van der Waals surface area contributed by atoms with Crippen molar-refractivity contribution in [3.63, 3.8) is 0 Å². The van der Waals surface area contributed by atoms with Crippen LogP contribution in [0, 0.1) is 5.82 Å². The fourth-order valence-corrected chi connectivity index (χ4v) is 3.68. The quantitative estimate of drug-likeness (QED) is 0.890. The summed E-state index contributed by atoms with van der Waals surface area (Å²) < 4.78 is 27.2. The Morgan fingerprint density at radius 1 is 1.33 bits per heavy atom.